The molecular formula is C21H15F6N5O. The molecule has 0 aliphatic heterocycles. The number of hydrogen-bond acceptors (Lipinski definition) is 4. The predicted octanol–water partition coefficient (Wildman–Crippen LogP) is 4.70. The van der Waals surface area contributed by atoms with Gasteiger partial charge in [0.25, 0.3) is 12.3 Å². The molecular weight excluding hydrogens is 452 g/mol. The minimum atomic E-state index is -4.84. The summed E-state index contributed by atoms with van der Waals surface area (Å²) in [6, 6.07) is 3.30. The Morgan fingerprint density at radius 3 is 2.48 bits per heavy atom. The zero-order valence-electron chi connectivity index (χ0n) is 16.8. The van der Waals surface area contributed by atoms with E-state index in [0.29, 0.717) is 33.6 Å². The highest BCUT2D eigenvalue weighted by molar-refractivity contribution is 5.98. The summed E-state index contributed by atoms with van der Waals surface area (Å²) in [7, 11) is 1.02. The Balaban J connectivity index is 1.74. The summed E-state index contributed by atoms with van der Waals surface area (Å²) in [5, 5.41) is 0. The Labute approximate surface area is 182 Å². The first-order valence-corrected chi connectivity index (χ1v) is 9.42. The molecule has 12 heteroatoms. The van der Waals surface area contributed by atoms with E-state index in [0.717, 1.165) is 7.05 Å². The van der Waals surface area contributed by atoms with Crippen LogP contribution in [-0.4, -0.2) is 38.6 Å². The third-order valence-corrected chi connectivity index (χ3v) is 5.25. The van der Waals surface area contributed by atoms with Crippen molar-refractivity contribution in [3.63, 3.8) is 0 Å². The molecule has 1 amide bonds. The van der Waals surface area contributed by atoms with Crippen molar-refractivity contribution in [3.05, 3.63) is 71.4 Å². The number of imidazole rings is 1. The van der Waals surface area contributed by atoms with Crippen molar-refractivity contribution in [2.24, 2.45) is 0 Å². The summed E-state index contributed by atoms with van der Waals surface area (Å²) in [6.07, 6.45) is -5.22. The van der Waals surface area contributed by atoms with Crippen LogP contribution in [0.4, 0.5) is 32.2 Å². The Morgan fingerprint density at radius 1 is 1.12 bits per heavy atom. The maximum atomic E-state index is 14.4. The monoisotopic (exact) mass is 467 g/mol. The molecule has 4 aromatic rings. The van der Waals surface area contributed by atoms with E-state index >= 15 is 0 Å². The number of alkyl halides is 5. The van der Waals surface area contributed by atoms with E-state index in [-0.39, 0.29) is 17.4 Å². The van der Waals surface area contributed by atoms with E-state index in [1.807, 2.05) is 0 Å². The summed E-state index contributed by atoms with van der Waals surface area (Å²) in [5.41, 5.74) is 5.09. The number of nitrogens with two attached hydrogens (primary N) is 1. The van der Waals surface area contributed by atoms with Gasteiger partial charge in [-0.3, -0.25) is 9.20 Å². The van der Waals surface area contributed by atoms with E-state index < -0.39 is 41.5 Å². The molecule has 0 saturated heterocycles. The molecule has 0 bridgehead atoms. The average Bonchev–Trinajstić information content (AvgIpc) is 3.24. The van der Waals surface area contributed by atoms with Gasteiger partial charge in [-0.05, 0) is 30.3 Å². The van der Waals surface area contributed by atoms with Gasteiger partial charge in [-0.2, -0.15) is 13.2 Å². The van der Waals surface area contributed by atoms with Crippen LogP contribution in [0.5, 0.6) is 0 Å². The van der Waals surface area contributed by atoms with Gasteiger partial charge in [0.1, 0.15) is 23.2 Å². The molecule has 0 aliphatic rings. The Hall–Kier alpha value is -3.83. The van der Waals surface area contributed by atoms with Gasteiger partial charge in [-0.1, -0.05) is 6.07 Å². The number of benzene rings is 2. The highest BCUT2D eigenvalue weighted by atomic mass is 19.4. The standard InChI is InChI=1S/C21H15F6N5O/c1-31(17(18(23)24)12-4-3-11(7-13(12)22)21(25,26)27)20(33)10-2-5-14-15(6-10)32-9-29-8-16(32)19(28)30-14/h2-9,17-18H,1H3,(H2,28,30)/t17-/m0/s1. The van der Waals surface area contributed by atoms with Crippen molar-refractivity contribution in [1.29, 1.82) is 0 Å². The first kappa shape index (κ1) is 22.4. The molecule has 2 heterocycles. The molecule has 0 fully saturated rings. The number of carbonyl (C=O) groups excluding carboxylic acids is 1. The molecule has 33 heavy (non-hydrogen) atoms. The number of aromatic nitrogens is 3. The molecule has 4 rings (SSSR count). The summed E-state index contributed by atoms with van der Waals surface area (Å²) in [4.78, 5) is 21.8. The number of hydrogen-bond donors (Lipinski definition) is 1. The number of halogens is 6. The number of nitrogens with zero attached hydrogens (tertiary/aromatic N) is 4. The summed E-state index contributed by atoms with van der Waals surface area (Å²) < 4.78 is 82.1. The third kappa shape index (κ3) is 3.92. The second kappa shape index (κ2) is 7.94. The van der Waals surface area contributed by atoms with Gasteiger partial charge >= 0.3 is 6.18 Å². The molecule has 2 aromatic heterocycles. The van der Waals surface area contributed by atoms with E-state index in [2.05, 4.69) is 9.97 Å². The van der Waals surface area contributed by atoms with Gasteiger partial charge in [0.2, 0.25) is 0 Å². The Morgan fingerprint density at radius 2 is 1.85 bits per heavy atom. The molecule has 0 spiro atoms. The summed E-state index contributed by atoms with van der Waals surface area (Å²) in [5.74, 6) is -2.19. The fraction of sp³-hybridized carbons (Fsp3) is 0.190. The fourth-order valence-corrected chi connectivity index (χ4v) is 3.59. The van der Waals surface area contributed by atoms with Gasteiger partial charge in [0.15, 0.2) is 0 Å². The highest BCUT2D eigenvalue weighted by Crippen LogP contribution is 2.35. The number of fused-ring (bicyclic) bond motifs is 3. The lowest BCUT2D eigenvalue weighted by Gasteiger charge is -2.28. The molecule has 1 atom stereocenters. The van der Waals surface area contributed by atoms with E-state index in [1.165, 1.54) is 30.7 Å². The number of rotatable bonds is 4. The molecule has 172 valence electrons. The van der Waals surface area contributed by atoms with Crippen molar-refractivity contribution in [1.82, 2.24) is 19.3 Å². The molecule has 0 unspecified atom stereocenters. The van der Waals surface area contributed by atoms with Crippen molar-refractivity contribution < 1.29 is 31.1 Å². The number of amides is 1. The van der Waals surface area contributed by atoms with Gasteiger partial charge < -0.3 is 10.6 Å². The van der Waals surface area contributed by atoms with E-state index in [9.17, 15) is 31.1 Å². The first-order valence-electron chi connectivity index (χ1n) is 9.42. The van der Waals surface area contributed by atoms with Crippen LogP contribution in [0, 0.1) is 5.82 Å². The van der Waals surface area contributed by atoms with Crippen LogP contribution in [0.15, 0.2) is 48.9 Å². The maximum absolute atomic E-state index is 14.4. The third-order valence-electron chi connectivity index (χ3n) is 5.25. The number of nitrogen functional groups attached to an aromatic ring is 1. The lowest BCUT2D eigenvalue weighted by atomic mass is 10.0. The normalized spacial score (nSPS) is 13.1. The number of anilines is 1. The molecule has 2 aromatic carbocycles. The Bertz CT molecular complexity index is 1370. The lowest BCUT2D eigenvalue weighted by Crippen LogP contribution is -2.36. The minimum Gasteiger partial charge on any atom is -0.382 e. The van der Waals surface area contributed by atoms with Gasteiger partial charge in [0.05, 0.1) is 29.1 Å². The van der Waals surface area contributed by atoms with Crippen molar-refractivity contribution in [3.8, 4) is 0 Å². The molecule has 6 nitrogen and oxygen atoms in total. The smallest absolute Gasteiger partial charge is 0.382 e. The second-order valence-corrected chi connectivity index (χ2v) is 7.28. The van der Waals surface area contributed by atoms with Crippen LogP contribution >= 0.6 is 0 Å². The molecule has 2 N–H and O–H groups in total. The van der Waals surface area contributed by atoms with Crippen LogP contribution in [0.3, 0.4) is 0 Å². The van der Waals surface area contributed by atoms with Crippen molar-refractivity contribution in [2.75, 3.05) is 12.8 Å². The van der Waals surface area contributed by atoms with Gasteiger partial charge in [0, 0.05) is 18.2 Å². The van der Waals surface area contributed by atoms with Crippen molar-refractivity contribution in [2.45, 2.75) is 18.6 Å². The van der Waals surface area contributed by atoms with E-state index in [1.54, 1.807) is 4.40 Å². The second-order valence-electron chi connectivity index (χ2n) is 7.28. The first-order chi connectivity index (χ1) is 15.5. The minimum absolute atomic E-state index is 0.0236. The van der Waals surface area contributed by atoms with Gasteiger partial charge in [-0.25, -0.2) is 23.1 Å². The highest BCUT2D eigenvalue weighted by Gasteiger charge is 2.36. The lowest BCUT2D eigenvalue weighted by molar-refractivity contribution is -0.137. The SMILES string of the molecule is CN(C(=O)c1ccc2nc(N)c3cncn3c2c1)[C@@H](c1ccc(C(F)(F)F)cc1F)C(F)F. The molecule has 0 saturated carbocycles. The summed E-state index contributed by atoms with van der Waals surface area (Å²) in [6.45, 7) is 0. The largest absolute Gasteiger partial charge is 0.416 e. The van der Waals surface area contributed by atoms with Crippen LogP contribution < -0.4 is 5.73 Å². The van der Waals surface area contributed by atoms with Gasteiger partial charge in [-0.15, -0.1) is 0 Å². The van der Waals surface area contributed by atoms with Crippen LogP contribution in [-0.2, 0) is 6.18 Å². The molecule has 0 aliphatic carbocycles. The summed E-state index contributed by atoms with van der Waals surface area (Å²) >= 11 is 0. The predicted molar refractivity (Wildman–Crippen MR) is 107 cm³/mol. The quantitative estimate of drug-likeness (QED) is 0.442. The van der Waals surface area contributed by atoms with Crippen LogP contribution in [0.2, 0.25) is 0 Å². The van der Waals surface area contributed by atoms with Crippen LogP contribution in [0.25, 0.3) is 16.6 Å². The Kier molecular flexibility index (Phi) is 5.38. The van der Waals surface area contributed by atoms with Crippen molar-refractivity contribution >= 4 is 28.3 Å². The number of carbonyl (C=O) groups is 1. The average molecular weight is 467 g/mol. The maximum Gasteiger partial charge on any atom is 0.416 e. The topological polar surface area (TPSA) is 76.5 Å². The zero-order chi connectivity index (χ0) is 24.1. The van der Waals surface area contributed by atoms with E-state index in [4.69, 9.17) is 5.73 Å². The fourth-order valence-electron chi connectivity index (χ4n) is 3.59. The molecule has 0 radical (unpaired) electrons. The van der Waals surface area contributed by atoms with Crippen LogP contribution in [0.1, 0.15) is 27.5 Å². The zero-order valence-corrected chi connectivity index (χ0v) is 16.8.